The molecule has 57 heavy (non-hydrogen) atoms. The van der Waals surface area contributed by atoms with E-state index >= 15 is 0 Å². The van der Waals surface area contributed by atoms with Gasteiger partial charge in [-0.1, -0.05) is 145 Å². The van der Waals surface area contributed by atoms with Crippen molar-refractivity contribution in [3.8, 4) is 0 Å². The molecule has 284 valence electrons. The minimum Gasteiger partial charge on any atom is -0.360 e. The minimum absolute atomic E-state index is 1.06. The van der Waals surface area contributed by atoms with Crippen molar-refractivity contribution in [2.45, 2.75) is 13.8 Å². The first-order valence-electron chi connectivity index (χ1n) is 18.9. The van der Waals surface area contributed by atoms with E-state index in [0.29, 0.717) is 0 Å². The Kier molecular flexibility index (Phi) is 13.9. The van der Waals surface area contributed by atoms with Gasteiger partial charge in [-0.05, 0) is 98.3 Å². The van der Waals surface area contributed by atoms with Crippen LogP contribution in [0.3, 0.4) is 0 Å². The summed E-state index contributed by atoms with van der Waals surface area (Å²) < 4.78 is 0. The maximum absolute atomic E-state index is 6.00. The molecule has 0 radical (unpaired) electrons. The van der Waals surface area contributed by atoms with Crippen LogP contribution in [0.25, 0.3) is 6.08 Å². The highest BCUT2D eigenvalue weighted by Crippen LogP contribution is 2.53. The molecule has 0 saturated carbocycles. The number of benzene rings is 7. The molecule has 3 N–H and O–H groups in total. The number of anilines is 8. The largest absolute Gasteiger partial charge is 0.360 e. The second kappa shape index (κ2) is 20.0. The van der Waals surface area contributed by atoms with Crippen LogP contribution >= 0.6 is 0 Å². The quantitative estimate of drug-likeness (QED) is 0.0776. The van der Waals surface area contributed by atoms with E-state index in [1.807, 2.05) is 42.6 Å². The van der Waals surface area contributed by atoms with E-state index in [1.54, 1.807) is 0 Å². The van der Waals surface area contributed by atoms with Crippen LogP contribution in [0.2, 0.25) is 0 Å². The first-order valence-corrected chi connectivity index (χ1v) is 18.9. The summed E-state index contributed by atoms with van der Waals surface area (Å²) in [4.78, 5) is 6.86. The van der Waals surface area contributed by atoms with E-state index in [0.717, 1.165) is 17.1 Å². The predicted molar refractivity (Wildman–Crippen MR) is 242 cm³/mol. The highest BCUT2D eigenvalue weighted by molar-refractivity contribution is 6.01. The van der Waals surface area contributed by atoms with Crippen LogP contribution in [0.4, 0.5) is 45.5 Å². The van der Waals surface area contributed by atoms with Crippen molar-refractivity contribution in [3.63, 3.8) is 0 Å². The van der Waals surface area contributed by atoms with E-state index in [1.165, 1.54) is 50.8 Å². The third kappa shape index (κ3) is 10.1. The van der Waals surface area contributed by atoms with Gasteiger partial charge in [0.25, 0.3) is 0 Å². The zero-order valence-corrected chi connectivity index (χ0v) is 32.5. The summed E-state index contributed by atoms with van der Waals surface area (Å²) in [5.41, 5.74) is 14.0. The van der Waals surface area contributed by atoms with E-state index < -0.39 is 0 Å². The Labute approximate surface area is 336 Å². The molecule has 1 heterocycles. The summed E-state index contributed by atoms with van der Waals surface area (Å²) in [6, 6.07) is 65.5. The van der Waals surface area contributed by atoms with Crippen LogP contribution in [-0.4, -0.2) is 17.6 Å². The lowest BCUT2D eigenvalue weighted by Gasteiger charge is -2.40. The Morgan fingerprint density at radius 1 is 0.491 bits per heavy atom. The fraction of sp³-hybridized carbons (Fsp3) is 0.0588. The average Bonchev–Trinajstić information content (AvgIpc) is 3.27. The van der Waals surface area contributed by atoms with E-state index in [-0.39, 0.29) is 0 Å². The predicted octanol–water partition coefficient (Wildman–Crippen LogP) is 13.9. The Morgan fingerprint density at radius 2 is 0.912 bits per heavy atom. The zero-order chi connectivity index (χ0) is 39.8. The maximum Gasteiger partial charge on any atom is 0.0703 e. The summed E-state index contributed by atoms with van der Waals surface area (Å²) in [5, 5.41) is 15.4. The Hall–Kier alpha value is -7.12. The van der Waals surface area contributed by atoms with E-state index in [2.05, 4.69) is 217 Å². The molecule has 7 aromatic carbocycles. The van der Waals surface area contributed by atoms with Gasteiger partial charge in [-0.15, -0.1) is 0 Å². The number of likely N-dealkylation sites (N-methyl/N-ethyl adjacent to an activating group) is 1. The van der Waals surface area contributed by atoms with Gasteiger partial charge in [0.05, 0.1) is 28.4 Å². The molecule has 1 aliphatic rings. The van der Waals surface area contributed by atoms with Crippen LogP contribution in [0.15, 0.2) is 218 Å². The number of hydrogen-bond acceptors (Lipinski definition) is 6. The standard InChI is InChI=1S/C26H26N2.C25H20N2.H2O2/c1-22-17-19-25(20-18-22)28(2)26(21-27-24-14-7-4-8-15-24)16-10-9-13-23-11-5-3-6-12-23;1-19-15-17-21(18-16-19)27-24-13-7-5-11-22(24)26(20-9-3-2-4-10-20)23-12-6-8-14-25(23)27;1-2/h3-21,27H,1-2H3;2-18H,1H3;1-2H/b13-9-,16-10-,26-21-;;. The van der Waals surface area contributed by atoms with Gasteiger partial charge in [0.15, 0.2) is 0 Å². The Bertz CT molecular complexity index is 2330. The summed E-state index contributed by atoms with van der Waals surface area (Å²) in [7, 11) is 2.08. The van der Waals surface area contributed by atoms with Crippen LogP contribution in [-0.2, 0) is 0 Å². The number of hydrogen-bond donors (Lipinski definition) is 3. The third-order valence-electron chi connectivity index (χ3n) is 9.47. The molecular formula is C51H48N4O2. The van der Waals surface area contributed by atoms with Crippen molar-refractivity contribution in [1.29, 1.82) is 0 Å². The minimum atomic E-state index is 1.06. The van der Waals surface area contributed by atoms with Crippen molar-refractivity contribution in [2.24, 2.45) is 0 Å². The lowest BCUT2D eigenvalue weighted by molar-refractivity contribution is -0.176. The van der Waals surface area contributed by atoms with Crippen molar-refractivity contribution >= 4 is 51.6 Å². The molecule has 0 saturated heterocycles. The van der Waals surface area contributed by atoms with E-state index in [9.17, 15) is 0 Å². The van der Waals surface area contributed by atoms with Gasteiger partial charge in [-0.2, -0.15) is 0 Å². The van der Waals surface area contributed by atoms with Gasteiger partial charge in [-0.25, -0.2) is 0 Å². The lowest BCUT2D eigenvalue weighted by Crippen LogP contribution is -2.23. The summed E-state index contributed by atoms with van der Waals surface area (Å²) in [6.45, 7) is 4.23. The number of nitrogens with one attached hydrogen (secondary N) is 1. The molecule has 0 atom stereocenters. The normalized spacial score (nSPS) is 11.8. The summed E-state index contributed by atoms with van der Waals surface area (Å²) in [6.07, 6.45) is 10.4. The van der Waals surface area contributed by atoms with Crippen molar-refractivity contribution in [1.82, 2.24) is 0 Å². The third-order valence-corrected chi connectivity index (χ3v) is 9.47. The molecule has 0 amide bonds. The highest BCUT2D eigenvalue weighted by Gasteiger charge is 2.29. The monoisotopic (exact) mass is 748 g/mol. The second-order valence-corrected chi connectivity index (χ2v) is 13.4. The molecule has 0 bridgehead atoms. The highest BCUT2D eigenvalue weighted by atomic mass is 17.0. The number of para-hydroxylation sites is 6. The molecule has 0 fully saturated rings. The first kappa shape index (κ1) is 39.6. The molecule has 0 aromatic heterocycles. The molecule has 0 aliphatic carbocycles. The van der Waals surface area contributed by atoms with Crippen molar-refractivity contribution < 1.29 is 10.5 Å². The van der Waals surface area contributed by atoms with Gasteiger partial charge >= 0.3 is 0 Å². The van der Waals surface area contributed by atoms with Gasteiger partial charge in [-0.3, -0.25) is 10.5 Å². The van der Waals surface area contributed by atoms with Gasteiger partial charge < -0.3 is 20.0 Å². The van der Waals surface area contributed by atoms with Gasteiger partial charge in [0, 0.05) is 36.0 Å². The van der Waals surface area contributed by atoms with Crippen LogP contribution in [0.1, 0.15) is 16.7 Å². The zero-order valence-electron chi connectivity index (χ0n) is 32.5. The van der Waals surface area contributed by atoms with E-state index in [4.69, 9.17) is 10.5 Å². The molecule has 7 aromatic rings. The molecule has 0 unspecified atom stereocenters. The van der Waals surface area contributed by atoms with Crippen LogP contribution < -0.4 is 20.0 Å². The van der Waals surface area contributed by atoms with Crippen molar-refractivity contribution in [3.05, 3.63) is 235 Å². The summed E-state index contributed by atoms with van der Waals surface area (Å²) >= 11 is 0. The number of fused-ring (bicyclic) bond motifs is 2. The topological polar surface area (TPSA) is 62.2 Å². The molecule has 6 heteroatoms. The molecule has 8 rings (SSSR count). The Balaban J connectivity index is 0.000000185. The smallest absolute Gasteiger partial charge is 0.0703 e. The fourth-order valence-electron chi connectivity index (χ4n) is 6.52. The van der Waals surface area contributed by atoms with Crippen LogP contribution in [0, 0.1) is 13.8 Å². The lowest BCUT2D eigenvalue weighted by atomic mass is 10.0. The van der Waals surface area contributed by atoms with Crippen molar-refractivity contribution in [2.75, 3.05) is 27.1 Å². The molecule has 1 aliphatic heterocycles. The summed E-state index contributed by atoms with van der Waals surface area (Å²) in [5.74, 6) is 0. The second-order valence-electron chi connectivity index (χ2n) is 13.4. The number of allylic oxidation sites excluding steroid dienone is 3. The van der Waals surface area contributed by atoms with Gasteiger partial charge in [0.2, 0.25) is 0 Å². The SMILES string of the molecule is Cc1ccc(N(C)C(/C=C\C=C/c2ccccc2)=C\Nc2ccccc2)cc1.Cc1ccc(N2c3ccccc3N(c3ccccc3)c3ccccc32)cc1.OO. The molecule has 6 nitrogen and oxygen atoms in total. The first-order chi connectivity index (χ1) is 28.0. The van der Waals surface area contributed by atoms with Gasteiger partial charge in [0.1, 0.15) is 0 Å². The number of nitrogens with zero attached hydrogens (tertiary/aromatic N) is 3. The average molecular weight is 749 g/mol. The Morgan fingerprint density at radius 3 is 1.42 bits per heavy atom. The maximum atomic E-state index is 6.00. The fourth-order valence-corrected chi connectivity index (χ4v) is 6.52. The number of aryl methyl sites for hydroxylation is 2. The van der Waals surface area contributed by atoms with Crippen LogP contribution in [0.5, 0.6) is 0 Å². The molecular weight excluding hydrogens is 701 g/mol. The number of rotatable bonds is 9. The molecule has 0 spiro atoms.